The Morgan fingerprint density at radius 2 is 1.01 bits per heavy atom. The van der Waals surface area contributed by atoms with E-state index < -0.39 is 41.9 Å². The highest BCUT2D eigenvalue weighted by atomic mass is 16.5. The van der Waals surface area contributed by atoms with Gasteiger partial charge in [-0.3, -0.25) is 48.6 Å². The van der Waals surface area contributed by atoms with E-state index in [0.717, 1.165) is 51.4 Å². The second-order valence-corrected chi connectivity index (χ2v) is 23.9. The quantitative estimate of drug-likeness (QED) is 0.0200. The average molecular weight is 1290 g/mol. The van der Waals surface area contributed by atoms with E-state index in [-0.39, 0.29) is 169 Å². The molecule has 1 aromatic rings. The first-order valence-corrected chi connectivity index (χ1v) is 33.2. The van der Waals surface area contributed by atoms with Gasteiger partial charge in [-0.1, -0.05) is 109 Å². The highest BCUT2D eigenvalue weighted by molar-refractivity contribution is 5.91. The Morgan fingerprint density at radius 1 is 0.484 bits per heavy atom. The van der Waals surface area contributed by atoms with Crippen molar-refractivity contribution in [2.24, 2.45) is 23.3 Å². The molecule has 25 heteroatoms. The van der Waals surface area contributed by atoms with Crippen molar-refractivity contribution >= 4 is 64.5 Å². The Hall–Kier alpha value is -6.25. The third-order valence-corrected chi connectivity index (χ3v) is 15.1. The molecule has 0 radical (unpaired) electrons. The summed E-state index contributed by atoms with van der Waals surface area (Å²) in [6.45, 7) is 5.06. The van der Waals surface area contributed by atoms with Gasteiger partial charge in [-0.25, -0.2) is 4.79 Å². The number of hydrogen-bond donors (Lipinski definition) is 11. The van der Waals surface area contributed by atoms with Crippen molar-refractivity contribution in [1.29, 1.82) is 5.41 Å². The topological polar surface area (TPSA) is 404 Å². The minimum atomic E-state index is -1.20. The fraction of sp³-hybridized carbons (Fsp3) is 0.742. The second kappa shape index (κ2) is 54.3. The van der Waals surface area contributed by atoms with Crippen molar-refractivity contribution in [3.63, 3.8) is 0 Å². The van der Waals surface area contributed by atoms with Gasteiger partial charge in [-0.05, 0) is 87.8 Å². The first kappa shape index (κ1) is 82.8. The number of carboxylic acid groups (broad SMARTS) is 2. The number of phenolic OH excluding ortho intramolecular Hbond substituents is 1. The summed E-state index contributed by atoms with van der Waals surface area (Å²) in [6.07, 6.45) is 19.4. The van der Waals surface area contributed by atoms with Crippen LogP contribution in [0.3, 0.4) is 0 Å². The molecule has 4 atom stereocenters. The number of Topliss-reactive ketones (excluding diaryl/α,β-unsaturated/α-hetero) is 4. The molecule has 0 aliphatic rings. The molecule has 0 heterocycles. The monoisotopic (exact) mass is 1290 g/mol. The molecule has 0 aromatic heterocycles. The molecule has 91 heavy (non-hydrogen) atoms. The summed E-state index contributed by atoms with van der Waals surface area (Å²) < 4.78 is 21.8. The zero-order chi connectivity index (χ0) is 67.3. The van der Waals surface area contributed by atoms with Crippen LogP contribution in [-0.4, -0.2) is 177 Å². The predicted molar refractivity (Wildman–Crippen MR) is 345 cm³/mol. The summed E-state index contributed by atoms with van der Waals surface area (Å²) in [5.41, 5.74) is 12.0. The lowest BCUT2D eigenvalue weighted by Gasteiger charge is -2.23. The van der Waals surface area contributed by atoms with Crippen molar-refractivity contribution in [1.82, 2.24) is 26.6 Å². The molecule has 0 spiro atoms. The van der Waals surface area contributed by atoms with Gasteiger partial charge in [0.15, 0.2) is 17.3 Å². The Bertz CT molecular complexity index is 2250. The van der Waals surface area contributed by atoms with Gasteiger partial charge in [-0.2, -0.15) is 0 Å². The molecular weight excluding hydrogens is 1180 g/mol. The Labute approximate surface area is 539 Å². The first-order valence-electron chi connectivity index (χ1n) is 33.2. The first-order chi connectivity index (χ1) is 43.7. The standard InChI is InChI=1S/C66H112N8O17/c1-49(2)42-54(77)45-72-56(59(79)46-73-55(23-17-18-25-60(67)68)58(78)44-51(65(69)85)43-50-28-30-52(75)31-29-50)24-19-20-34-70-63(82)48-91-41-38-88-36-21-22-53(76)47-90-40-39-89-37-35-71-61(80)33-32-57(66(86)87)74-62(81)26-15-13-11-9-7-5-3-4-6-8-10-12-14-16-27-64(83)84/h28-31,49,51,55-57,72-73,75H,3-27,32-48H2,1-2H3,(H3,67,68)(H2,69,85)(H,70,82)(H,71,80)(H,74,81)(H,83,84)(H,86,87)/t51-,55+,56+,57+/m1/s1. The molecule has 4 amide bonds. The van der Waals surface area contributed by atoms with Crippen LogP contribution in [0.2, 0.25) is 0 Å². The van der Waals surface area contributed by atoms with Gasteiger partial charge >= 0.3 is 11.9 Å². The zero-order valence-electron chi connectivity index (χ0n) is 54.6. The molecule has 0 fully saturated rings. The number of carbonyl (C=O) groups is 10. The molecule has 0 aliphatic heterocycles. The maximum atomic E-state index is 13.7. The molecule has 1 aromatic carbocycles. The number of rotatable bonds is 64. The third-order valence-electron chi connectivity index (χ3n) is 15.1. The number of aliphatic carboxylic acids is 2. The molecule has 0 unspecified atom stereocenters. The number of phenols is 1. The van der Waals surface area contributed by atoms with Gasteiger partial charge < -0.3 is 72.3 Å². The number of aromatic hydroxyl groups is 1. The number of hydrogen-bond acceptors (Lipinski definition) is 18. The normalized spacial score (nSPS) is 12.6. The number of amides is 4. The minimum Gasteiger partial charge on any atom is -0.508 e. The lowest BCUT2D eigenvalue weighted by molar-refractivity contribution is -0.142. The fourth-order valence-corrected chi connectivity index (χ4v) is 9.92. The number of carboxylic acids is 2. The van der Waals surface area contributed by atoms with Gasteiger partial charge in [0, 0.05) is 70.6 Å². The minimum absolute atomic E-state index is 0.0143. The van der Waals surface area contributed by atoms with E-state index in [4.69, 9.17) is 40.9 Å². The van der Waals surface area contributed by atoms with E-state index in [1.807, 2.05) is 13.8 Å². The van der Waals surface area contributed by atoms with Crippen LogP contribution in [0.5, 0.6) is 5.75 Å². The number of carbonyl (C=O) groups excluding carboxylic acids is 8. The Morgan fingerprint density at radius 3 is 1.59 bits per heavy atom. The van der Waals surface area contributed by atoms with Gasteiger partial charge in [0.2, 0.25) is 23.6 Å². The number of ether oxygens (including phenoxy) is 4. The number of amidine groups is 1. The maximum absolute atomic E-state index is 13.7. The summed E-state index contributed by atoms with van der Waals surface area (Å²) in [5.74, 6) is -4.97. The predicted octanol–water partition coefficient (Wildman–Crippen LogP) is 6.09. The van der Waals surface area contributed by atoms with E-state index in [1.165, 1.54) is 44.2 Å². The van der Waals surface area contributed by atoms with Crippen LogP contribution in [-0.2, 0) is 73.3 Å². The molecule has 0 saturated carbocycles. The maximum Gasteiger partial charge on any atom is 0.326 e. The highest BCUT2D eigenvalue weighted by Gasteiger charge is 2.28. The highest BCUT2D eigenvalue weighted by Crippen LogP contribution is 2.19. The summed E-state index contributed by atoms with van der Waals surface area (Å²) in [5, 5.41) is 49.7. The SMILES string of the molecule is CC(C)CC(=O)CN[C@@H](CCCCNC(=O)COCCOCCCC(=O)COCCOCCNC(=O)CC[C@H](NC(=O)CCCCCCCCCCCCCCCCC(=O)O)C(=O)O)C(=O)CN[C@@H](CCCCC(=N)N)C(=O)C[C@@H](Cc1ccc(O)cc1)C(N)=O. The van der Waals surface area contributed by atoms with E-state index in [0.29, 0.717) is 82.9 Å². The van der Waals surface area contributed by atoms with Crippen LogP contribution in [0.1, 0.15) is 206 Å². The summed E-state index contributed by atoms with van der Waals surface area (Å²) in [6, 6.07) is 3.58. The number of unbranched alkanes of at least 4 members (excludes halogenated alkanes) is 15. The van der Waals surface area contributed by atoms with Gasteiger partial charge in [-0.15, -0.1) is 0 Å². The lowest BCUT2D eigenvalue weighted by atomic mass is 9.90. The van der Waals surface area contributed by atoms with Crippen LogP contribution in [0.4, 0.5) is 0 Å². The van der Waals surface area contributed by atoms with Crippen LogP contribution in [0, 0.1) is 17.2 Å². The van der Waals surface area contributed by atoms with Crippen LogP contribution in [0.15, 0.2) is 24.3 Å². The summed E-state index contributed by atoms with van der Waals surface area (Å²) >= 11 is 0. The number of nitrogens with one attached hydrogen (secondary N) is 6. The average Bonchev–Trinajstić information content (AvgIpc) is 3.66. The molecule has 25 nitrogen and oxygen atoms in total. The van der Waals surface area contributed by atoms with Crippen molar-refractivity contribution in [3.05, 3.63) is 29.8 Å². The van der Waals surface area contributed by atoms with Crippen molar-refractivity contribution in [2.45, 2.75) is 225 Å². The van der Waals surface area contributed by atoms with Gasteiger partial charge in [0.25, 0.3) is 0 Å². The number of benzene rings is 1. The van der Waals surface area contributed by atoms with Gasteiger partial charge in [0.05, 0.1) is 64.0 Å². The van der Waals surface area contributed by atoms with Crippen molar-refractivity contribution < 1.29 is 82.2 Å². The molecule has 1 rings (SSSR count). The Balaban J connectivity index is 2.23. The third kappa shape index (κ3) is 49.1. The van der Waals surface area contributed by atoms with Crippen LogP contribution in [0.25, 0.3) is 0 Å². The van der Waals surface area contributed by atoms with E-state index in [1.54, 1.807) is 12.1 Å². The largest absolute Gasteiger partial charge is 0.508 e. The van der Waals surface area contributed by atoms with Gasteiger partial charge in [0.1, 0.15) is 30.8 Å². The van der Waals surface area contributed by atoms with E-state index >= 15 is 0 Å². The molecular formula is C66H112N8O17. The fourth-order valence-electron chi connectivity index (χ4n) is 9.92. The van der Waals surface area contributed by atoms with Crippen molar-refractivity contribution in [2.75, 3.05) is 79.0 Å². The molecule has 0 aliphatic carbocycles. The second-order valence-electron chi connectivity index (χ2n) is 23.9. The van der Waals surface area contributed by atoms with Crippen LogP contribution < -0.4 is 38.1 Å². The zero-order valence-corrected chi connectivity index (χ0v) is 54.6. The summed E-state index contributed by atoms with van der Waals surface area (Å²) in [7, 11) is 0. The number of ketones is 4. The van der Waals surface area contributed by atoms with E-state index in [9.17, 15) is 58.2 Å². The van der Waals surface area contributed by atoms with Crippen molar-refractivity contribution in [3.8, 4) is 5.75 Å². The molecule has 0 saturated heterocycles. The van der Waals surface area contributed by atoms with Crippen LogP contribution >= 0.6 is 0 Å². The smallest absolute Gasteiger partial charge is 0.326 e. The lowest BCUT2D eigenvalue weighted by Crippen LogP contribution is -2.47. The summed E-state index contributed by atoms with van der Waals surface area (Å²) in [4.78, 5) is 124. The number of nitrogens with two attached hydrogens (primary N) is 2. The Kier molecular flexibility index (Phi) is 49.4. The number of primary amides is 1. The van der Waals surface area contributed by atoms with E-state index in [2.05, 4.69) is 26.6 Å². The molecule has 13 N–H and O–H groups in total. The molecule has 518 valence electrons. The molecule has 0 bridgehead atoms.